The highest BCUT2D eigenvalue weighted by molar-refractivity contribution is 9.10. The van der Waals surface area contributed by atoms with Gasteiger partial charge in [0, 0.05) is 15.7 Å². The summed E-state index contributed by atoms with van der Waals surface area (Å²) in [6, 6.07) is 21.4. The van der Waals surface area contributed by atoms with Crippen LogP contribution in [0.1, 0.15) is 17.4 Å². The minimum Gasteiger partial charge on any atom is -0.465 e. The summed E-state index contributed by atoms with van der Waals surface area (Å²) in [5, 5.41) is 0. The number of hydrogen-bond donors (Lipinski definition) is 0. The van der Waals surface area contributed by atoms with Crippen molar-refractivity contribution in [3.63, 3.8) is 0 Å². The predicted molar refractivity (Wildman–Crippen MR) is 97.5 cm³/mol. The first kappa shape index (κ1) is 15.0. The molecular formula is C20H14BrNO2. The third kappa shape index (κ3) is 2.59. The molecule has 3 aromatic rings. The lowest BCUT2D eigenvalue weighted by Crippen LogP contribution is -2.49. The lowest BCUT2D eigenvalue weighted by Gasteiger charge is -2.43. The SMILES string of the molecule is O=C1/C(=C\c2ccco2)C(c2ccccc2)N1c1ccc(Br)cc1. The molecular weight excluding hydrogens is 366 g/mol. The van der Waals surface area contributed by atoms with Crippen LogP contribution in [-0.2, 0) is 4.79 Å². The lowest BCUT2D eigenvalue weighted by atomic mass is 9.86. The van der Waals surface area contributed by atoms with Crippen LogP contribution in [0.4, 0.5) is 5.69 Å². The van der Waals surface area contributed by atoms with E-state index in [2.05, 4.69) is 15.9 Å². The van der Waals surface area contributed by atoms with Gasteiger partial charge in [0.1, 0.15) is 5.76 Å². The summed E-state index contributed by atoms with van der Waals surface area (Å²) in [4.78, 5) is 14.6. The molecule has 4 heteroatoms. The molecule has 1 fully saturated rings. The number of carbonyl (C=O) groups is 1. The van der Waals surface area contributed by atoms with Gasteiger partial charge < -0.3 is 4.42 Å². The summed E-state index contributed by atoms with van der Waals surface area (Å²) in [7, 11) is 0. The first-order valence-corrected chi connectivity index (χ1v) is 8.42. The van der Waals surface area contributed by atoms with E-state index < -0.39 is 0 Å². The van der Waals surface area contributed by atoms with E-state index in [9.17, 15) is 4.79 Å². The second kappa shape index (κ2) is 6.13. The van der Waals surface area contributed by atoms with Crippen molar-refractivity contribution in [3.05, 3.63) is 94.4 Å². The highest BCUT2D eigenvalue weighted by Gasteiger charge is 2.43. The van der Waals surface area contributed by atoms with Gasteiger partial charge in [-0.15, -0.1) is 0 Å². The van der Waals surface area contributed by atoms with Crippen molar-refractivity contribution in [2.45, 2.75) is 6.04 Å². The van der Waals surface area contributed by atoms with E-state index in [1.807, 2.05) is 77.7 Å². The Balaban J connectivity index is 1.77. The molecule has 1 aromatic heterocycles. The molecule has 0 N–H and O–H groups in total. The first-order chi connectivity index (χ1) is 11.7. The maximum Gasteiger partial charge on any atom is 0.257 e. The summed E-state index contributed by atoms with van der Waals surface area (Å²) in [6.07, 6.45) is 3.44. The third-order valence-corrected chi connectivity index (χ3v) is 4.61. The zero-order valence-corrected chi connectivity index (χ0v) is 14.3. The quantitative estimate of drug-likeness (QED) is 0.462. The predicted octanol–water partition coefficient (Wildman–Crippen LogP) is 5.21. The largest absolute Gasteiger partial charge is 0.465 e. The second-order valence-corrected chi connectivity index (χ2v) is 6.50. The number of hydrogen-bond acceptors (Lipinski definition) is 2. The molecule has 1 saturated heterocycles. The molecule has 0 radical (unpaired) electrons. The van der Waals surface area contributed by atoms with E-state index in [4.69, 9.17) is 4.42 Å². The van der Waals surface area contributed by atoms with Gasteiger partial charge in [0.15, 0.2) is 0 Å². The van der Waals surface area contributed by atoms with Crippen LogP contribution in [-0.4, -0.2) is 5.91 Å². The minimum absolute atomic E-state index is 0.00238. The fourth-order valence-electron chi connectivity index (χ4n) is 2.95. The summed E-state index contributed by atoms with van der Waals surface area (Å²) in [6.45, 7) is 0. The molecule has 0 aliphatic carbocycles. The average Bonchev–Trinajstić information content (AvgIpc) is 3.13. The van der Waals surface area contributed by atoms with Gasteiger partial charge in [0.05, 0.1) is 12.3 Å². The number of carbonyl (C=O) groups excluding carboxylic acids is 1. The summed E-state index contributed by atoms with van der Waals surface area (Å²) in [5.41, 5.74) is 2.70. The molecule has 3 nitrogen and oxygen atoms in total. The Morgan fingerprint density at radius 2 is 1.71 bits per heavy atom. The fraction of sp³-hybridized carbons (Fsp3) is 0.0500. The monoisotopic (exact) mass is 379 g/mol. The van der Waals surface area contributed by atoms with Crippen LogP contribution in [0.2, 0.25) is 0 Å². The molecule has 2 aromatic carbocycles. The maximum absolute atomic E-state index is 12.8. The number of furan rings is 1. The Morgan fingerprint density at radius 3 is 2.38 bits per heavy atom. The third-order valence-electron chi connectivity index (χ3n) is 4.08. The molecule has 1 aliphatic rings. The van der Waals surface area contributed by atoms with E-state index in [1.54, 1.807) is 6.26 Å². The van der Waals surface area contributed by atoms with Crippen LogP contribution in [0, 0.1) is 0 Å². The Hall–Kier alpha value is -2.59. The van der Waals surface area contributed by atoms with Crippen molar-refractivity contribution in [1.82, 2.24) is 0 Å². The Morgan fingerprint density at radius 1 is 0.958 bits per heavy atom. The summed E-state index contributed by atoms with van der Waals surface area (Å²) in [5.74, 6) is 0.692. The molecule has 0 saturated carbocycles. The van der Waals surface area contributed by atoms with Crippen LogP contribution in [0.5, 0.6) is 0 Å². The van der Waals surface area contributed by atoms with E-state index in [0.29, 0.717) is 5.76 Å². The average molecular weight is 380 g/mol. The van der Waals surface area contributed by atoms with Crippen molar-refractivity contribution in [2.24, 2.45) is 0 Å². The van der Waals surface area contributed by atoms with Gasteiger partial charge in [-0.05, 0) is 48.0 Å². The Labute approximate surface area is 148 Å². The molecule has 1 atom stereocenters. The van der Waals surface area contributed by atoms with Crippen LogP contribution >= 0.6 is 15.9 Å². The summed E-state index contributed by atoms with van der Waals surface area (Å²) >= 11 is 3.43. The smallest absolute Gasteiger partial charge is 0.257 e. The van der Waals surface area contributed by atoms with E-state index in [1.165, 1.54) is 0 Å². The first-order valence-electron chi connectivity index (χ1n) is 7.63. The number of halogens is 1. The van der Waals surface area contributed by atoms with Gasteiger partial charge in [-0.2, -0.15) is 0 Å². The molecule has 1 aliphatic heterocycles. The summed E-state index contributed by atoms with van der Waals surface area (Å²) < 4.78 is 6.36. The standard InChI is InChI=1S/C20H14BrNO2/c21-15-8-10-16(11-9-15)22-19(14-5-2-1-3-6-14)18(20(22)23)13-17-7-4-12-24-17/h1-13,19H/b18-13-. The van der Waals surface area contributed by atoms with Crippen molar-refractivity contribution in [3.8, 4) is 0 Å². The Bertz CT molecular complexity index is 883. The van der Waals surface area contributed by atoms with Crippen LogP contribution < -0.4 is 4.90 Å². The number of amides is 1. The molecule has 1 amide bonds. The topological polar surface area (TPSA) is 33.5 Å². The molecule has 2 heterocycles. The molecule has 24 heavy (non-hydrogen) atoms. The highest BCUT2D eigenvalue weighted by Crippen LogP contribution is 2.44. The van der Waals surface area contributed by atoms with Gasteiger partial charge in [-0.1, -0.05) is 46.3 Å². The van der Waals surface area contributed by atoms with Gasteiger partial charge in [-0.3, -0.25) is 9.69 Å². The number of rotatable bonds is 3. The molecule has 118 valence electrons. The molecule has 4 rings (SSSR count). The Kier molecular flexibility index (Phi) is 3.82. The van der Waals surface area contributed by atoms with E-state index in [0.717, 1.165) is 21.3 Å². The lowest BCUT2D eigenvalue weighted by molar-refractivity contribution is -0.118. The number of benzene rings is 2. The highest BCUT2D eigenvalue weighted by atomic mass is 79.9. The normalized spacial score (nSPS) is 18.7. The molecule has 1 unspecified atom stereocenters. The molecule has 0 spiro atoms. The van der Waals surface area contributed by atoms with Gasteiger partial charge >= 0.3 is 0 Å². The van der Waals surface area contributed by atoms with Gasteiger partial charge in [0.25, 0.3) is 5.91 Å². The van der Waals surface area contributed by atoms with E-state index >= 15 is 0 Å². The second-order valence-electron chi connectivity index (χ2n) is 5.58. The molecule has 0 bridgehead atoms. The van der Waals surface area contributed by atoms with Crippen molar-refractivity contribution in [1.29, 1.82) is 0 Å². The number of β-lactam (4-membered cyclic amide) rings is 1. The zero-order valence-electron chi connectivity index (χ0n) is 12.7. The maximum atomic E-state index is 12.8. The van der Waals surface area contributed by atoms with Crippen LogP contribution in [0.15, 0.2) is 87.5 Å². The van der Waals surface area contributed by atoms with Gasteiger partial charge in [0.2, 0.25) is 0 Å². The van der Waals surface area contributed by atoms with E-state index in [-0.39, 0.29) is 11.9 Å². The zero-order chi connectivity index (χ0) is 16.5. The van der Waals surface area contributed by atoms with Gasteiger partial charge in [-0.25, -0.2) is 0 Å². The van der Waals surface area contributed by atoms with Crippen LogP contribution in [0.3, 0.4) is 0 Å². The van der Waals surface area contributed by atoms with Crippen molar-refractivity contribution in [2.75, 3.05) is 4.90 Å². The fourth-order valence-corrected chi connectivity index (χ4v) is 3.21. The minimum atomic E-state index is -0.107. The number of nitrogens with zero attached hydrogens (tertiary/aromatic N) is 1. The van der Waals surface area contributed by atoms with Crippen molar-refractivity contribution >= 4 is 33.6 Å². The number of anilines is 1. The van der Waals surface area contributed by atoms with Crippen molar-refractivity contribution < 1.29 is 9.21 Å². The van der Waals surface area contributed by atoms with Crippen LogP contribution in [0.25, 0.3) is 6.08 Å².